The number of nitrogens with one attached hydrogen (secondary N) is 1. The fourth-order valence-electron chi connectivity index (χ4n) is 2.48. The van der Waals surface area contributed by atoms with Crippen molar-refractivity contribution in [3.63, 3.8) is 0 Å². The number of carbonyl (C=O) groups excluding carboxylic acids is 1. The van der Waals surface area contributed by atoms with Gasteiger partial charge in [0.15, 0.2) is 5.16 Å². The monoisotopic (exact) mass is 315 g/mol. The Kier molecular flexibility index (Phi) is 4.02. The third kappa shape index (κ3) is 2.78. The van der Waals surface area contributed by atoms with Crippen LogP contribution in [-0.4, -0.2) is 39.6 Å². The third-order valence-electron chi connectivity index (χ3n) is 3.81. The first kappa shape index (κ1) is 14.8. The number of hydrogen-bond acceptors (Lipinski definition) is 4. The number of rotatable bonds is 3. The smallest absolute Gasteiger partial charge is 0.255 e. The molecule has 1 amide bonds. The molecule has 1 fully saturated rings. The van der Waals surface area contributed by atoms with Crippen molar-refractivity contribution < 1.29 is 4.79 Å². The van der Waals surface area contributed by atoms with Crippen LogP contribution in [0.1, 0.15) is 12.0 Å². The molecule has 1 aromatic heterocycles. The highest BCUT2D eigenvalue weighted by atomic mass is 32.2. The van der Waals surface area contributed by atoms with Gasteiger partial charge in [0.25, 0.3) is 5.56 Å². The molecular weight excluding hydrogens is 298 g/mol. The fourth-order valence-corrected chi connectivity index (χ4v) is 3.55. The second-order valence-electron chi connectivity index (χ2n) is 5.37. The zero-order valence-corrected chi connectivity index (χ0v) is 13.3. The first-order valence-corrected chi connectivity index (χ1v) is 8.02. The van der Waals surface area contributed by atoms with E-state index in [1.165, 1.54) is 11.8 Å². The van der Waals surface area contributed by atoms with E-state index in [9.17, 15) is 9.59 Å². The molecule has 6 heteroatoms. The van der Waals surface area contributed by atoms with Crippen LogP contribution < -0.4 is 5.56 Å². The molecule has 1 aliphatic heterocycles. The van der Waals surface area contributed by atoms with Gasteiger partial charge in [0.05, 0.1) is 10.9 Å². The number of H-pyrrole nitrogens is 1. The van der Waals surface area contributed by atoms with Gasteiger partial charge in [-0.3, -0.25) is 9.59 Å². The molecule has 0 radical (unpaired) electrons. The van der Waals surface area contributed by atoms with Crippen LogP contribution in [-0.2, 0) is 4.79 Å². The number of nitrogens with zero attached hydrogens (tertiary/aromatic N) is 2. The van der Waals surface area contributed by atoms with Gasteiger partial charge in [0.2, 0.25) is 5.91 Å². The van der Waals surface area contributed by atoms with Crippen LogP contribution in [0.3, 0.4) is 0 Å². The largest absolute Gasteiger partial charge is 0.345 e. The normalized spacial score (nSPS) is 18.0. The van der Waals surface area contributed by atoms with Gasteiger partial charge in [-0.1, -0.05) is 42.1 Å². The second kappa shape index (κ2) is 5.96. The summed E-state index contributed by atoms with van der Waals surface area (Å²) in [6, 6.07) is 9.62. The predicted molar refractivity (Wildman–Crippen MR) is 86.9 cm³/mol. The van der Waals surface area contributed by atoms with Crippen molar-refractivity contribution in [1.82, 2.24) is 14.9 Å². The average molecular weight is 315 g/mol. The van der Waals surface area contributed by atoms with Crippen LogP contribution in [0.25, 0.3) is 11.3 Å². The van der Waals surface area contributed by atoms with Gasteiger partial charge >= 0.3 is 0 Å². The highest BCUT2D eigenvalue weighted by Crippen LogP contribution is 2.29. The standard InChI is InChI=1S/C16H17N3O2S/c1-10-13(11-6-4-3-5-7-11)17-16(18-14(10)20)22-12-8-9-19(2)15(12)21/h3-7,12H,8-9H2,1-2H3,(H,17,18,20)/t12-/m1/s1. The molecule has 1 aliphatic rings. The van der Waals surface area contributed by atoms with E-state index in [0.29, 0.717) is 16.4 Å². The lowest BCUT2D eigenvalue weighted by Crippen LogP contribution is -2.24. The maximum absolute atomic E-state index is 12.1. The van der Waals surface area contributed by atoms with E-state index in [0.717, 1.165) is 18.5 Å². The zero-order valence-electron chi connectivity index (χ0n) is 12.5. The molecule has 1 atom stereocenters. The molecule has 0 bridgehead atoms. The van der Waals surface area contributed by atoms with Gasteiger partial charge in [0, 0.05) is 24.7 Å². The van der Waals surface area contributed by atoms with Crippen LogP contribution in [0.2, 0.25) is 0 Å². The number of likely N-dealkylation sites (tertiary alicyclic amines) is 1. The zero-order chi connectivity index (χ0) is 15.7. The van der Waals surface area contributed by atoms with Crippen molar-refractivity contribution in [3.05, 3.63) is 46.2 Å². The quantitative estimate of drug-likeness (QED) is 0.881. The topological polar surface area (TPSA) is 66.1 Å². The summed E-state index contributed by atoms with van der Waals surface area (Å²) in [5.41, 5.74) is 2.01. The first-order chi connectivity index (χ1) is 10.6. The van der Waals surface area contributed by atoms with Gasteiger partial charge < -0.3 is 9.88 Å². The minimum absolute atomic E-state index is 0.0921. The number of carbonyl (C=O) groups is 1. The summed E-state index contributed by atoms with van der Waals surface area (Å²) in [4.78, 5) is 33.2. The van der Waals surface area contributed by atoms with Crippen LogP contribution in [0, 0.1) is 6.92 Å². The molecule has 0 unspecified atom stereocenters. The van der Waals surface area contributed by atoms with E-state index in [2.05, 4.69) is 9.97 Å². The van der Waals surface area contributed by atoms with Crippen LogP contribution in [0.15, 0.2) is 40.3 Å². The Bertz CT molecular complexity index is 758. The van der Waals surface area contributed by atoms with Crippen molar-refractivity contribution in [3.8, 4) is 11.3 Å². The van der Waals surface area contributed by atoms with E-state index in [1.807, 2.05) is 30.3 Å². The van der Waals surface area contributed by atoms with Crippen molar-refractivity contribution in [2.24, 2.45) is 0 Å². The summed E-state index contributed by atoms with van der Waals surface area (Å²) < 4.78 is 0. The summed E-state index contributed by atoms with van der Waals surface area (Å²) >= 11 is 1.34. The van der Waals surface area contributed by atoms with Gasteiger partial charge in [-0.2, -0.15) is 0 Å². The highest BCUT2D eigenvalue weighted by molar-refractivity contribution is 8.00. The Morgan fingerprint density at radius 3 is 2.64 bits per heavy atom. The van der Waals surface area contributed by atoms with Gasteiger partial charge in [-0.05, 0) is 13.3 Å². The summed E-state index contributed by atoms with van der Waals surface area (Å²) in [5.74, 6) is 0.0921. The van der Waals surface area contributed by atoms with E-state index in [1.54, 1.807) is 18.9 Å². The van der Waals surface area contributed by atoms with E-state index >= 15 is 0 Å². The number of aromatic nitrogens is 2. The molecule has 3 rings (SSSR count). The Balaban J connectivity index is 1.95. The molecule has 2 heterocycles. The maximum atomic E-state index is 12.1. The van der Waals surface area contributed by atoms with Gasteiger partial charge in [-0.15, -0.1) is 0 Å². The SMILES string of the molecule is Cc1c(-c2ccccc2)nc(S[C@@H]2CCN(C)C2=O)[nH]c1=O. The molecule has 114 valence electrons. The lowest BCUT2D eigenvalue weighted by Gasteiger charge is -2.11. The molecular formula is C16H17N3O2S. The lowest BCUT2D eigenvalue weighted by atomic mass is 10.1. The molecule has 0 saturated carbocycles. The Hall–Kier alpha value is -2.08. The van der Waals surface area contributed by atoms with Gasteiger partial charge in [0.1, 0.15) is 0 Å². The predicted octanol–water partition coefficient (Wildman–Crippen LogP) is 2.07. The Morgan fingerprint density at radius 1 is 1.27 bits per heavy atom. The highest BCUT2D eigenvalue weighted by Gasteiger charge is 2.30. The summed E-state index contributed by atoms with van der Waals surface area (Å²) in [7, 11) is 1.80. The van der Waals surface area contributed by atoms with Gasteiger partial charge in [-0.25, -0.2) is 4.98 Å². The van der Waals surface area contributed by atoms with Crippen molar-refractivity contribution in [2.75, 3.05) is 13.6 Å². The summed E-state index contributed by atoms with van der Waals surface area (Å²) in [6.07, 6.45) is 0.776. The number of hydrogen-bond donors (Lipinski definition) is 1. The van der Waals surface area contributed by atoms with E-state index in [-0.39, 0.29) is 16.7 Å². The first-order valence-electron chi connectivity index (χ1n) is 7.14. The maximum Gasteiger partial charge on any atom is 0.255 e. The van der Waals surface area contributed by atoms with Crippen LogP contribution in [0.5, 0.6) is 0 Å². The van der Waals surface area contributed by atoms with Crippen molar-refractivity contribution >= 4 is 17.7 Å². The van der Waals surface area contributed by atoms with Crippen molar-refractivity contribution in [1.29, 1.82) is 0 Å². The molecule has 1 saturated heterocycles. The second-order valence-corrected chi connectivity index (χ2v) is 6.56. The molecule has 0 spiro atoms. The minimum atomic E-state index is -0.167. The Morgan fingerprint density at radius 2 is 2.00 bits per heavy atom. The average Bonchev–Trinajstić information content (AvgIpc) is 2.83. The Labute approximate surface area is 132 Å². The number of aromatic amines is 1. The molecule has 1 N–H and O–H groups in total. The van der Waals surface area contributed by atoms with E-state index in [4.69, 9.17) is 0 Å². The lowest BCUT2D eigenvalue weighted by molar-refractivity contribution is -0.126. The van der Waals surface area contributed by atoms with E-state index < -0.39 is 0 Å². The summed E-state index contributed by atoms with van der Waals surface area (Å²) in [6.45, 7) is 2.51. The molecule has 1 aromatic carbocycles. The number of amides is 1. The number of thioether (sulfide) groups is 1. The molecule has 0 aliphatic carbocycles. The molecule has 22 heavy (non-hydrogen) atoms. The third-order valence-corrected chi connectivity index (χ3v) is 4.95. The van der Waals surface area contributed by atoms with Crippen LogP contribution >= 0.6 is 11.8 Å². The molecule has 2 aromatic rings. The molecule has 5 nitrogen and oxygen atoms in total. The van der Waals surface area contributed by atoms with Crippen LogP contribution in [0.4, 0.5) is 0 Å². The van der Waals surface area contributed by atoms with Crippen molar-refractivity contribution in [2.45, 2.75) is 23.8 Å². The summed E-state index contributed by atoms with van der Waals surface area (Å²) in [5, 5.41) is 0.336. The number of benzene rings is 1. The fraction of sp³-hybridized carbons (Fsp3) is 0.312. The minimum Gasteiger partial charge on any atom is -0.345 e.